The molecule has 1 amide bonds. The molecular formula is C21H23NO5. The summed E-state index contributed by atoms with van der Waals surface area (Å²) in [4.78, 5) is 36.8. The number of ketones is 1. The first kappa shape index (κ1) is 20.2. The van der Waals surface area contributed by atoms with Gasteiger partial charge in [0, 0.05) is 24.3 Å². The number of likely N-dealkylation sites (N-methyl/N-ethyl adjacent to an activating group) is 1. The number of rotatable bonds is 9. The van der Waals surface area contributed by atoms with Crippen molar-refractivity contribution < 1.29 is 23.9 Å². The summed E-state index contributed by atoms with van der Waals surface area (Å²) in [5.74, 6) is -0.301. The zero-order valence-corrected chi connectivity index (χ0v) is 15.3. The van der Waals surface area contributed by atoms with E-state index < -0.39 is 5.97 Å². The smallest absolute Gasteiger partial charge is 0.330 e. The molecule has 0 saturated carbocycles. The fraction of sp³-hybridized carbons (Fsp3) is 0.286. The van der Waals surface area contributed by atoms with E-state index in [1.165, 1.54) is 4.90 Å². The molecule has 1 aliphatic rings. The summed E-state index contributed by atoms with van der Waals surface area (Å²) >= 11 is 0. The molecule has 0 saturated heterocycles. The Labute approximate surface area is 158 Å². The third-order valence-electron chi connectivity index (χ3n) is 4.00. The second kappa shape index (κ2) is 10.1. The molecule has 0 spiro atoms. The van der Waals surface area contributed by atoms with E-state index in [-0.39, 0.29) is 31.4 Å². The highest BCUT2D eigenvalue weighted by Gasteiger charge is 2.13. The summed E-state index contributed by atoms with van der Waals surface area (Å²) in [6.45, 7) is 3.50. The standard InChI is InChI=1S/C21H23NO5/c1-3-20(24)26-14-13-22(2)19(23)15-27-18-11-9-17(10-12-18)21(25)16-7-5-4-6-8-16/h3,5,7-12H,1,4,6,13-15H2,2H3. The number of amides is 1. The van der Waals surface area contributed by atoms with Crippen molar-refractivity contribution in [1.29, 1.82) is 0 Å². The Morgan fingerprint density at radius 1 is 1.19 bits per heavy atom. The third-order valence-corrected chi connectivity index (χ3v) is 4.00. The van der Waals surface area contributed by atoms with Gasteiger partial charge in [-0.2, -0.15) is 0 Å². The predicted molar refractivity (Wildman–Crippen MR) is 102 cm³/mol. The van der Waals surface area contributed by atoms with E-state index in [0.717, 1.165) is 18.9 Å². The highest BCUT2D eigenvalue weighted by atomic mass is 16.5. The average Bonchev–Trinajstić information content (AvgIpc) is 2.72. The van der Waals surface area contributed by atoms with Gasteiger partial charge in [-0.05, 0) is 37.1 Å². The average molecular weight is 369 g/mol. The van der Waals surface area contributed by atoms with Crippen LogP contribution in [0, 0.1) is 0 Å². The van der Waals surface area contributed by atoms with Crippen LogP contribution in [0.25, 0.3) is 0 Å². The van der Waals surface area contributed by atoms with Crippen molar-refractivity contribution in [3.05, 3.63) is 66.3 Å². The molecule has 0 fully saturated rings. The Morgan fingerprint density at radius 3 is 2.56 bits per heavy atom. The van der Waals surface area contributed by atoms with Crippen LogP contribution >= 0.6 is 0 Å². The Hall–Kier alpha value is -3.15. The monoisotopic (exact) mass is 369 g/mol. The van der Waals surface area contributed by atoms with Crippen LogP contribution in [0.4, 0.5) is 0 Å². The van der Waals surface area contributed by atoms with Gasteiger partial charge in [0.15, 0.2) is 12.4 Å². The second-order valence-electron chi connectivity index (χ2n) is 5.97. The second-order valence-corrected chi connectivity index (χ2v) is 5.97. The SMILES string of the molecule is C=CC(=O)OCCN(C)C(=O)COc1ccc(C(=O)C2=CCCC=C2)cc1. The molecule has 1 aliphatic carbocycles. The lowest BCUT2D eigenvalue weighted by Crippen LogP contribution is -2.34. The molecule has 27 heavy (non-hydrogen) atoms. The van der Waals surface area contributed by atoms with Gasteiger partial charge in [0.05, 0.1) is 6.54 Å². The minimum Gasteiger partial charge on any atom is -0.484 e. The van der Waals surface area contributed by atoms with Crippen molar-refractivity contribution in [2.24, 2.45) is 0 Å². The molecule has 6 nitrogen and oxygen atoms in total. The molecule has 1 aromatic rings. The largest absolute Gasteiger partial charge is 0.484 e. The van der Waals surface area contributed by atoms with Crippen molar-refractivity contribution in [3.8, 4) is 5.75 Å². The molecule has 0 N–H and O–H groups in total. The summed E-state index contributed by atoms with van der Waals surface area (Å²) in [6.07, 6.45) is 8.68. The van der Waals surface area contributed by atoms with Gasteiger partial charge in [0.25, 0.3) is 5.91 Å². The lowest BCUT2D eigenvalue weighted by molar-refractivity contribution is -0.140. The maximum absolute atomic E-state index is 12.4. The van der Waals surface area contributed by atoms with Crippen molar-refractivity contribution in [2.75, 3.05) is 26.8 Å². The van der Waals surface area contributed by atoms with E-state index in [1.54, 1.807) is 31.3 Å². The fourth-order valence-corrected chi connectivity index (χ4v) is 2.37. The van der Waals surface area contributed by atoms with Crippen LogP contribution in [0.3, 0.4) is 0 Å². The number of nitrogens with zero attached hydrogens (tertiary/aromatic N) is 1. The van der Waals surface area contributed by atoms with Crippen LogP contribution in [0.2, 0.25) is 0 Å². The van der Waals surface area contributed by atoms with Crippen molar-refractivity contribution in [1.82, 2.24) is 4.90 Å². The van der Waals surface area contributed by atoms with Crippen LogP contribution in [-0.2, 0) is 14.3 Å². The minimum absolute atomic E-state index is 0.0256. The lowest BCUT2D eigenvalue weighted by atomic mass is 9.98. The molecule has 0 atom stereocenters. The maximum Gasteiger partial charge on any atom is 0.330 e. The summed E-state index contributed by atoms with van der Waals surface area (Å²) < 4.78 is 10.3. The Morgan fingerprint density at radius 2 is 1.93 bits per heavy atom. The van der Waals surface area contributed by atoms with Crippen LogP contribution in [0.1, 0.15) is 23.2 Å². The molecule has 6 heteroatoms. The maximum atomic E-state index is 12.4. The Kier molecular flexibility index (Phi) is 7.55. The molecule has 142 valence electrons. The van der Waals surface area contributed by atoms with E-state index >= 15 is 0 Å². The number of ether oxygens (including phenoxy) is 2. The Balaban J connectivity index is 1.80. The van der Waals surface area contributed by atoms with E-state index in [1.807, 2.05) is 18.2 Å². The number of Topliss-reactive ketones (excluding diaryl/α,β-unsaturated/α-hetero) is 1. The van der Waals surface area contributed by atoms with Gasteiger partial charge in [-0.3, -0.25) is 9.59 Å². The molecule has 0 heterocycles. The highest BCUT2D eigenvalue weighted by molar-refractivity contribution is 6.10. The topological polar surface area (TPSA) is 72.9 Å². The zero-order valence-electron chi connectivity index (χ0n) is 15.3. The van der Waals surface area contributed by atoms with E-state index in [9.17, 15) is 14.4 Å². The predicted octanol–water partition coefficient (Wildman–Crippen LogP) is 2.71. The zero-order chi connectivity index (χ0) is 19.6. The first-order chi connectivity index (χ1) is 13.0. The molecule has 0 aliphatic heterocycles. The first-order valence-electron chi connectivity index (χ1n) is 8.68. The van der Waals surface area contributed by atoms with Gasteiger partial charge in [0.2, 0.25) is 0 Å². The number of hydrogen-bond acceptors (Lipinski definition) is 5. The Bertz CT molecular complexity index is 761. The van der Waals surface area contributed by atoms with Gasteiger partial charge in [-0.15, -0.1) is 0 Å². The number of hydrogen-bond donors (Lipinski definition) is 0. The van der Waals surface area contributed by atoms with E-state index in [0.29, 0.717) is 16.9 Å². The molecule has 0 bridgehead atoms. The van der Waals surface area contributed by atoms with Crippen LogP contribution in [0.15, 0.2) is 60.7 Å². The van der Waals surface area contributed by atoms with Crippen LogP contribution in [0.5, 0.6) is 5.75 Å². The summed E-state index contributed by atoms with van der Waals surface area (Å²) in [5, 5.41) is 0. The minimum atomic E-state index is -0.527. The van der Waals surface area contributed by atoms with E-state index in [2.05, 4.69) is 6.58 Å². The summed E-state index contributed by atoms with van der Waals surface area (Å²) in [6, 6.07) is 6.70. The van der Waals surface area contributed by atoms with Crippen molar-refractivity contribution in [2.45, 2.75) is 12.8 Å². The molecule has 0 radical (unpaired) electrons. The normalized spacial score (nSPS) is 12.7. The van der Waals surface area contributed by atoms with E-state index in [4.69, 9.17) is 9.47 Å². The van der Waals surface area contributed by atoms with Crippen molar-refractivity contribution in [3.63, 3.8) is 0 Å². The molecule has 1 aromatic carbocycles. The van der Waals surface area contributed by atoms with Gasteiger partial charge in [0.1, 0.15) is 12.4 Å². The molecule has 0 unspecified atom stereocenters. The lowest BCUT2D eigenvalue weighted by Gasteiger charge is -2.17. The van der Waals surface area contributed by atoms with Crippen molar-refractivity contribution >= 4 is 17.7 Å². The van der Waals surface area contributed by atoms with Gasteiger partial charge >= 0.3 is 5.97 Å². The van der Waals surface area contributed by atoms with Crippen LogP contribution < -0.4 is 4.74 Å². The highest BCUT2D eigenvalue weighted by Crippen LogP contribution is 2.18. The van der Waals surface area contributed by atoms with Gasteiger partial charge in [-0.1, -0.05) is 24.8 Å². The van der Waals surface area contributed by atoms with Gasteiger partial charge in [-0.25, -0.2) is 4.79 Å². The number of esters is 1. The summed E-state index contributed by atoms with van der Waals surface area (Å²) in [5.41, 5.74) is 1.27. The third kappa shape index (κ3) is 6.26. The molecule has 0 aromatic heterocycles. The van der Waals surface area contributed by atoms with Crippen LogP contribution in [-0.4, -0.2) is 49.4 Å². The molecule has 2 rings (SSSR count). The number of carbonyl (C=O) groups is 3. The number of allylic oxidation sites excluding steroid dienone is 4. The first-order valence-corrected chi connectivity index (χ1v) is 8.68. The number of carbonyl (C=O) groups excluding carboxylic acids is 3. The molecular weight excluding hydrogens is 346 g/mol. The number of benzene rings is 1. The quantitative estimate of drug-likeness (QED) is 0.380. The summed E-state index contributed by atoms with van der Waals surface area (Å²) in [7, 11) is 1.60. The van der Waals surface area contributed by atoms with Gasteiger partial charge < -0.3 is 14.4 Å². The fourth-order valence-electron chi connectivity index (χ4n) is 2.37.